The van der Waals surface area contributed by atoms with Crippen LogP contribution in [0.5, 0.6) is 0 Å². The fraction of sp³-hybridized carbons (Fsp3) is 0.545. The van der Waals surface area contributed by atoms with E-state index in [0.717, 1.165) is 6.33 Å². The normalized spacial score (nSPS) is 10.2. The number of carbonyl (C=O) groups excluding carboxylic acids is 1. The predicted octanol–water partition coefficient (Wildman–Crippen LogP) is 1.34. The molecule has 0 bridgehead atoms. The molecule has 0 saturated heterocycles. The van der Waals surface area contributed by atoms with Crippen molar-refractivity contribution in [1.29, 1.82) is 0 Å². The number of halogens is 1. The summed E-state index contributed by atoms with van der Waals surface area (Å²) in [4.78, 5) is 32.7. The summed E-state index contributed by atoms with van der Waals surface area (Å²) in [5.74, 6) is -0.116. The second kappa shape index (κ2) is 6.99. The van der Waals surface area contributed by atoms with E-state index in [1.165, 1.54) is 9.80 Å². The van der Waals surface area contributed by atoms with Crippen molar-refractivity contribution in [2.24, 2.45) is 0 Å². The Labute approximate surface area is 121 Å². The molecule has 0 unspecified atom stereocenters. The van der Waals surface area contributed by atoms with Gasteiger partial charge in [-0.1, -0.05) is 18.5 Å². The maximum absolute atomic E-state index is 11.8. The molecule has 20 heavy (non-hydrogen) atoms. The van der Waals surface area contributed by atoms with Crippen molar-refractivity contribution >= 4 is 29.0 Å². The highest BCUT2D eigenvalue weighted by molar-refractivity contribution is 6.31. The van der Waals surface area contributed by atoms with Gasteiger partial charge in [0, 0.05) is 20.6 Å². The molecule has 0 aromatic carbocycles. The zero-order valence-electron chi connectivity index (χ0n) is 11.5. The largest absolute Gasteiger partial charge is 0.348 e. The number of anilines is 1. The van der Waals surface area contributed by atoms with Gasteiger partial charge in [-0.3, -0.25) is 14.9 Å². The van der Waals surface area contributed by atoms with Gasteiger partial charge in [0.15, 0.2) is 0 Å². The minimum Gasteiger partial charge on any atom is -0.347 e. The van der Waals surface area contributed by atoms with Gasteiger partial charge >= 0.3 is 5.69 Å². The van der Waals surface area contributed by atoms with Crippen LogP contribution in [0.2, 0.25) is 5.15 Å². The minimum atomic E-state index is -0.638. The van der Waals surface area contributed by atoms with Crippen LogP contribution in [0.3, 0.4) is 0 Å². The highest BCUT2D eigenvalue weighted by Gasteiger charge is 2.27. The molecule has 0 aliphatic carbocycles. The lowest BCUT2D eigenvalue weighted by Crippen LogP contribution is -2.38. The van der Waals surface area contributed by atoms with E-state index in [0.29, 0.717) is 13.0 Å². The minimum absolute atomic E-state index is 0.00494. The summed E-state index contributed by atoms with van der Waals surface area (Å²) in [5, 5.41) is 10.9. The van der Waals surface area contributed by atoms with Crippen LogP contribution in [0, 0.1) is 10.1 Å². The number of amides is 1. The van der Waals surface area contributed by atoms with E-state index in [9.17, 15) is 14.9 Å². The molecule has 1 heterocycles. The quantitative estimate of drug-likeness (QED) is 0.447. The molecule has 1 aromatic rings. The van der Waals surface area contributed by atoms with Crippen molar-refractivity contribution in [3.63, 3.8) is 0 Å². The monoisotopic (exact) mass is 301 g/mol. The smallest absolute Gasteiger partial charge is 0.347 e. The molecule has 0 aliphatic heterocycles. The molecular weight excluding hydrogens is 286 g/mol. The van der Waals surface area contributed by atoms with Crippen LogP contribution in [-0.4, -0.2) is 52.9 Å². The van der Waals surface area contributed by atoms with Crippen LogP contribution in [0.15, 0.2) is 6.33 Å². The van der Waals surface area contributed by atoms with Crippen LogP contribution < -0.4 is 4.90 Å². The van der Waals surface area contributed by atoms with Crippen molar-refractivity contribution in [2.45, 2.75) is 13.3 Å². The molecule has 8 nitrogen and oxygen atoms in total. The fourth-order valence-electron chi connectivity index (χ4n) is 1.57. The number of nitrogens with zero attached hydrogens (tertiary/aromatic N) is 5. The van der Waals surface area contributed by atoms with Gasteiger partial charge in [-0.15, -0.1) is 0 Å². The number of aromatic nitrogens is 2. The van der Waals surface area contributed by atoms with E-state index in [1.807, 2.05) is 6.92 Å². The third-order valence-electron chi connectivity index (χ3n) is 2.56. The lowest BCUT2D eigenvalue weighted by atomic mass is 10.3. The molecule has 9 heteroatoms. The van der Waals surface area contributed by atoms with E-state index in [2.05, 4.69) is 9.97 Å². The first-order valence-electron chi connectivity index (χ1n) is 5.98. The molecule has 0 radical (unpaired) electrons. The molecule has 0 N–H and O–H groups in total. The van der Waals surface area contributed by atoms with Gasteiger partial charge < -0.3 is 9.80 Å². The Morgan fingerprint density at radius 1 is 1.45 bits per heavy atom. The standard InChI is InChI=1S/C11H16ClN5O3/c1-4-5-16(6-8(18)15(2)3)11-9(17(19)20)10(12)13-7-14-11/h7H,4-6H2,1-3H3. The van der Waals surface area contributed by atoms with Gasteiger partial charge in [-0.2, -0.15) is 0 Å². The predicted molar refractivity (Wildman–Crippen MR) is 74.9 cm³/mol. The second-order valence-electron chi connectivity index (χ2n) is 4.30. The third-order valence-corrected chi connectivity index (χ3v) is 2.84. The van der Waals surface area contributed by atoms with Gasteiger partial charge in [-0.05, 0) is 6.42 Å². The van der Waals surface area contributed by atoms with Crippen LogP contribution >= 0.6 is 11.6 Å². The maximum Gasteiger partial charge on any atom is 0.348 e. The summed E-state index contributed by atoms with van der Waals surface area (Å²) in [5.41, 5.74) is -0.380. The Morgan fingerprint density at radius 3 is 2.60 bits per heavy atom. The fourth-order valence-corrected chi connectivity index (χ4v) is 1.77. The zero-order chi connectivity index (χ0) is 15.3. The first-order chi connectivity index (χ1) is 9.38. The number of hydrogen-bond donors (Lipinski definition) is 0. The average Bonchev–Trinajstić information content (AvgIpc) is 2.37. The molecule has 1 aromatic heterocycles. The van der Waals surface area contributed by atoms with Gasteiger partial charge in [-0.25, -0.2) is 9.97 Å². The number of rotatable bonds is 6. The molecule has 0 spiro atoms. The Kier molecular flexibility index (Phi) is 5.63. The zero-order valence-corrected chi connectivity index (χ0v) is 12.3. The third kappa shape index (κ3) is 3.77. The number of carbonyl (C=O) groups is 1. The van der Waals surface area contributed by atoms with Crippen LogP contribution in [0.25, 0.3) is 0 Å². The maximum atomic E-state index is 11.8. The number of hydrogen-bond acceptors (Lipinski definition) is 6. The van der Waals surface area contributed by atoms with Gasteiger partial charge in [0.05, 0.1) is 11.5 Å². The molecular formula is C11H16ClN5O3. The summed E-state index contributed by atoms with van der Waals surface area (Å²) in [6.45, 7) is 2.35. The van der Waals surface area contributed by atoms with Crippen molar-refractivity contribution in [1.82, 2.24) is 14.9 Å². The van der Waals surface area contributed by atoms with Crippen molar-refractivity contribution < 1.29 is 9.72 Å². The van der Waals surface area contributed by atoms with Crippen molar-refractivity contribution in [3.05, 3.63) is 21.6 Å². The van der Waals surface area contributed by atoms with Crippen molar-refractivity contribution in [3.8, 4) is 0 Å². The van der Waals surface area contributed by atoms with Gasteiger partial charge in [0.2, 0.25) is 16.9 Å². The number of nitro groups is 1. The number of likely N-dealkylation sites (N-methyl/N-ethyl adjacent to an activating group) is 1. The summed E-state index contributed by atoms with van der Waals surface area (Å²) in [7, 11) is 3.24. The lowest BCUT2D eigenvalue weighted by molar-refractivity contribution is -0.384. The first-order valence-corrected chi connectivity index (χ1v) is 6.36. The van der Waals surface area contributed by atoms with Gasteiger partial charge in [0.1, 0.15) is 6.33 Å². The second-order valence-corrected chi connectivity index (χ2v) is 4.66. The average molecular weight is 302 g/mol. The summed E-state index contributed by atoms with van der Waals surface area (Å²) in [6, 6.07) is 0. The molecule has 0 aliphatic rings. The summed E-state index contributed by atoms with van der Waals surface area (Å²) >= 11 is 5.75. The molecule has 0 fully saturated rings. The van der Waals surface area contributed by atoms with Gasteiger partial charge in [0.25, 0.3) is 0 Å². The molecule has 110 valence electrons. The topological polar surface area (TPSA) is 92.5 Å². The lowest BCUT2D eigenvalue weighted by Gasteiger charge is -2.23. The van der Waals surface area contributed by atoms with Crippen LogP contribution in [-0.2, 0) is 4.79 Å². The van der Waals surface area contributed by atoms with Crippen LogP contribution in [0.1, 0.15) is 13.3 Å². The Balaban J connectivity index is 3.18. The summed E-state index contributed by atoms with van der Waals surface area (Å²) < 4.78 is 0. The SMILES string of the molecule is CCCN(CC(=O)N(C)C)c1ncnc(Cl)c1[N+](=O)[O-]. The van der Waals surface area contributed by atoms with E-state index < -0.39 is 4.92 Å². The van der Waals surface area contributed by atoms with Crippen LogP contribution in [0.4, 0.5) is 11.5 Å². The summed E-state index contributed by atoms with van der Waals surface area (Å²) in [6.07, 6.45) is 1.85. The van der Waals surface area contributed by atoms with E-state index >= 15 is 0 Å². The first kappa shape index (κ1) is 16.1. The molecule has 1 amide bonds. The molecule has 1 rings (SSSR count). The van der Waals surface area contributed by atoms with E-state index in [-0.39, 0.29) is 29.1 Å². The molecule has 0 saturated carbocycles. The van der Waals surface area contributed by atoms with E-state index in [1.54, 1.807) is 14.1 Å². The van der Waals surface area contributed by atoms with Crippen molar-refractivity contribution in [2.75, 3.05) is 32.1 Å². The highest BCUT2D eigenvalue weighted by atomic mass is 35.5. The highest BCUT2D eigenvalue weighted by Crippen LogP contribution is 2.31. The Bertz CT molecular complexity index is 509. The molecule has 0 atom stereocenters. The van der Waals surface area contributed by atoms with E-state index in [4.69, 9.17) is 11.6 Å². The Hall–Kier alpha value is -1.96. The Morgan fingerprint density at radius 2 is 2.10 bits per heavy atom.